The van der Waals surface area contributed by atoms with Crippen LogP contribution in [-0.2, 0) is 19.1 Å². The van der Waals surface area contributed by atoms with Gasteiger partial charge in [0.15, 0.2) is 12.2 Å². The van der Waals surface area contributed by atoms with Crippen molar-refractivity contribution in [3.63, 3.8) is 0 Å². The Balaban J connectivity index is 3.52. The summed E-state index contributed by atoms with van der Waals surface area (Å²) in [6.45, 7) is -0.799. The number of rotatable bonds is 20. The van der Waals surface area contributed by atoms with E-state index >= 15 is 0 Å². The molecule has 0 spiro atoms. The number of hydrogen-bond donors (Lipinski definition) is 5. The van der Waals surface area contributed by atoms with Gasteiger partial charge in [0.2, 0.25) is 0 Å². The van der Waals surface area contributed by atoms with Gasteiger partial charge in [-0.3, -0.25) is 0 Å². The topological polar surface area (TPSA) is 154 Å². The van der Waals surface area contributed by atoms with Crippen molar-refractivity contribution in [3.05, 3.63) is 0 Å². The maximum atomic E-state index is 11.8. The molecule has 0 heterocycles. The van der Waals surface area contributed by atoms with Gasteiger partial charge in [-0.2, -0.15) is 0 Å². The van der Waals surface area contributed by atoms with Crippen LogP contribution in [0.5, 0.6) is 0 Å². The van der Waals surface area contributed by atoms with Crippen molar-refractivity contribution in [1.82, 2.24) is 0 Å². The van der Waals surface area contributed by atoms with Crippen molar-refractivity contribution in [2.45, 2.75) is 114 Å². The summed E-state index contributed by atoms with van der Waals surface area (Å²) in [4.78, 5) is 23.1. The van der Waals surface area contributed by atoms with E-state index in [-0.39, 0.29) is 6.42 Å². The van der Waals surface area contributed by atoms with E-state index in [9.17, 15) is 9.59 Å². The lowest BCUT2D eigenvalue weighted by atomic mass is 10.0. The molecule has 0 bridgehead atoms. The predicted octanol–water partition coefficient (Wildman–Crippen LogP) is 1.91. The van der Waals surface area contributed by atoms with E-state index in [0.29, 0.717) is 12.8 Å². The van der Waals surface area contributed by atoms with Gasteiger partial charge in [0.1, 0.15) is 0 Å². The fourth-order valence-electron chi connectivity index (χ4n) is 3.28. The van der Waals surface area contributed by atoms with Gasteiger partial charge in [-0.25, -0.2) is 9.59 Å². The molecule has 9 nitrogen and oxygen atoms in total. The number of hydrogen-bond acceptors (Lipinski definition) is 9. The van der Waals surface area contributed by atoms with Crippen LogP contribution in [0.15, 0.2) is 0 Å². The number of carbonyl (C=O) groups is 2. The van der Waals surface area contributed by atoms with Gasteiger partial charge in [0.25, 0.3) is 5.97 Å². The lowest BCUT2D eigenvalue weighted by molar-refractivity contribution is -0.315. The summed E-state index contributed by atoms with van der Waals surface area (Å²) >= 11 is 0. The minimum absolute atomic E-state index is 0.00233. The number of aliphatic hydroxyl groups is 5. The average Bonchev–Trinajstić information content (AvgIpc) is 2.71. The van der Waals surface area contributed by atoms with Crippen LogP contribution in [0.25, 0.3) is 0 Å². The van der Waals surface area contributed by atoms with Crippen LogP contribution in [0.3, 0.4) is 0 Å². The first-order chi connectivity index (χ1) is 14.7. The molecule has 0 aromatic carbocycles. The van der Waals surface area contributed by atoms with Gasteiger partial charge in [-0.15, -0.1) is 0 Å². The Morgan fingerprint density at radius 3 is 1.55 bits per heavy atom. The lowest BCUT2D eigenvalue weighted by Crippen LogP contribution is -2.34. The van der Waals surface area contributed by atoms with Gasteiger partial charge >= 0.3 is 11.9 Å². The SMILES string of the molecule is COC(CCCCCCCCCCCCCCCC(O)(O)O)C(=O)OC(=O)C(O)CO. The molecule has 0 amide bonds. The zero-order valence-corrected chi connectivity index (χ0v) is 18.8. The molecule has 0 rings (SSSR count). The maximum absolute atomic E-state index is 11.8. The van der Waals surface area contributed by atoms with Crippen molar-refractivity contribution in [1.29, 1.82) is 0 Å². The van der Waals surface area contributed by atoms with E-state index in [1.807, 2.05) is 0 Å². The Bertz CT molecular complexity index is 462. The summed E-state index contributed by atoms with van der Waals surface area (Å²) in [7, 11) is 1.36. The molecule has 0 aromatic heterocycles. The van der Waals surface area contributed by atoms with Crippen molar-refractivity contribution >= 4 is 11.9 Å². The standard InChI is InChI=1S/C22H42O9/c1-30-19(21(26)31-20(25)18(24)17-23)15-13-11-9-7-5-3-2-4-6-8-10-12-14-16-22(27,28)29/h18-19,23-24,27-29H,2-17H2,1H3. The molecule has 31 heavy (non-hydrogen) atoms. The first-order valence-corrected chi connectivity index (χ1v) is 11.5. The first kappa shape index (κ1) is 29.9. The molecule has 0 aliphatic carbocycles. The Morgan fingerprint density at radius 1 is 0.742 bits per heavy atom. The smallest absolute Gasteiger partial charge is 0.345 e. The van der Waals surface area contributed by atoms with Gasteiger partial charge < -0.3 is 35.0 Å². The summed E-state index contributed by atoms with van der Waals surface area (Å²) in [6.07, 6.45) is 11.4. The summed E-state index contributed by atoms with van der Waals surface area (Å²) < 4.78 is 9.55. The molecule has 0 fully saturated rings. The fraction of sp³-hybridized carbons (Fsp3) is 0.909. The Kier molecular flexibility index (Phi) is 17.8. The van der Waals surface area contributed by atoms with Crippen molar-refractivity contribution < 1.29 is 44.6 Å². The van der Waals surface area contributed by atoms with E-state index in [1.165, 1.54) is 39.2 Å². The molecule has 0 radical (unpaired) electrons. The average molecular weight is 451 g/mol. The molecule has 184 valence electrons. The van der Waals surface area contributed by atoms with E-state index in [4.69, 9.17) is 30.3 Å². The number of unbranched alkanes of at least 4 members (excludes halogenated alkanes) is 12. The number of aliphatic hydroxyl groups excluding tert-OH is 2. The first-order valence-electron chi connectivity index (χ1n) is 11.5. The van der Waals surface area contributed by atoms with Crippen molar-refractivity contribution in [3.8, 4) is 0 Å². The summed E-state index contributed by atoms with van der Waals surface area (Å²) in [5.74, 6) is -4.54. The van der Waals surface area contributed by atoms with Gasteiger partial charge in [0.05, 0.1) is 6.61 Å². The molecule has 0 aromatic rings. The molecular weight excluding hydrogens is 408 g/mol. The van der Waals surface area contributed by atoms with Crippen LogP contribution >= 0.6 is 0 Å². The number of ether oxygens (including phenoxy) is 2. The zero-order chi connectivity index (χ0) is 23.5. The minimum Gasteiger partial charge on any atom is -0.393 e. The second kappa shape index (κ2) is 18.5. The highest BCUT2D eigenvalue weighted by molar-refractivity contribution is 5.89. The largest absolute Gasteiger partial charge is 0.393 e. The van der Waals surface area contributed by atoms with Crippen LogP contribution < -0.4 is 0 Å². The lowest BCUT2D eigenvalue weighted by Gasteiger charge is -2.14. The van der Waals surface area contributed by atoms with E-state index in [0.717, 1.165) is 44.9 Å². The summed E-state index contributed by atoms with van der Waals surface area (Å²) in [5, 5.41) is 44.1. The van der Waals surface area contributed by atoms with Crippen molar-refractivity contribution in [2.24, 2.45) is 0 Å². The highest BCUT2D eigenvalue weighted by atomic mass is 16.7. The van der Waals surface area contributed by atoms with Crippen LogP contribution in [0.4, 0.5) is 0 Å². The minimum atomic E-state index is -2.52. The second-order valence-electron chi connectivity index (χ2n) is 8.07. The predicted molar refractivity (Wildman–Crippen MR) is 114 cm³/mol. The highest BCUT2D eigenvalue weighted by Gasteiger charge is 2.25. The van der Waals surface area contributed by atoms with Gasteiger partial charge in [-0.05, 0) is 12.8 Å². The van der Waals surface area contributed by atoms with E-state index in [2.05, 4.69) is 4.74 Å². The van der Waals surface area contributed by atoms with Crippen LogP contribution in [0, 0.1) is 0 Å². The van der Waals surface area contributed by atoms with Crippen LogP contribution in [0.2, 0.25) is 0 Å². The molecule has 2 unspecified atom stereocenters. The molecule has 5 N–H and O–H groups in total. The Hall–Kier alpha value is -1.10. The highest BCUT2D eigenvalue weighted by Crippen LogP contribution is 2.15. The molecular formula is C22H42O9. The van der Waals surface area contributed by atoms with Gasteiger partial charge in [-0.1, -0.05) is 77.0 Å². The normalized spacial score (nSPS) is 13.7. The third-order valence-electron chi connectivity index (χ3n) is 5.17. The molecule has 9 heteroatoms. The molecule has 0 aliphatic rings. The van der Waals surface area contributed by atoms with E-state index < -0.39 is 36.7 Å². The monoisotopic (exact) mass is 450 g/mol. The second-order valence-corrected chi connectivity index (χ2v) is 8.07. The third kappa shape index (κ3) is 18.2. The third-order valence-corrected chi connectivity index (χ3v) is 5.17. The molecule has 2 atom stereocenters. The van der Waals surface area contributed by atoms with Crippen LogP contribution in [0.1, 0.15) is 96.3 Å². The summed E-state index contributed by atoms with van der Waals surface area (Å²) in [6, 6.07) is 0. The fourth-order valence-corrected chi connectivity index (χ4v) is 3.28. The van der Waals surface area contributed by atoms with Crippen molar-refractivity contribution in [2.75, 3.05) is 13.7 Å². The van der Waals surface area contributed by atoms with E-state index in [1.54, 1.807) is 0 Å². The number of carbonyl (C=O) groups excluding carboxylic acids is 2. The molecule has 0 saturated carbocycles. The molecule has 0 saturated heterocycles. The maximum Gasteiger partial charge on any atom is 0.345 e. The Morgan fingerprint density at radius 2 is 1.16 bits per heavy atom. The van der Waals surface area contributed by atoms with Crippen LogP contribution in [-0.4, -0.2) is 69.4 Å². The quantitative estimate of drug-likeness (QED) is 0.0809. The zero-order valence-electron chi connectivity index (χ0n) is 18.8. The Labute approximate surface area is 185 Å². The molecule has 0 aliphatic heterocycles. The van der Waals surface area contributed by atoms with Gasteiger partial charge in [0, 0.05) is 13.5 Å². The number of esters is 2. The number of methoxy groups -OCH3 is 1. The summed E-state index contributed by atoms with van der Waals surface area (Å²) in [5.41, 5.74) is 0.